The number of benzene rings is 2. The first-order chi connectivity index (χ1) is 16.1. The van der Waals surface area contributed by atoms with Gasteiger partial charge in [0.15, 0.2) is 0 Å². The quantitative estimate of drug-likeness (QED) is 0.497. The molecule has 34 heavy (non-hydrogen) atoms. The van der Waals surface area contributed by atoms with E-state index in [-0.39, 0.29) is 18.4 Å². The Morgan fingerprint density at radius 2 is 1.50 bits per heavy atom. The van der Waals surface area contributed by atoms with E-state index in [0.29, 0.717) is 18.7 Å². The average molecular weight is 489 g/mol. The van der Waals surface area contributed by atoms with E-state index in [2.05, 4.69) is 5.32 Å². The molecule has 0 aliphatic heterocycles. The van der Waals surface area contributed by atoms with Crippen LogP contribution in [0.5, 0.6) is 0 Å². The van der Waals surface area contributed by atoms with E-state index >= 15 is 0 Å². The molecule has 1 N–H and O–H groups in total. The summed E-state index contributed by atoms with van der Waals surface area (Å²) in [6.45, 7) is 6.10. The zero-order valence-corrected chi connectivity index (χ0v) is 21.5. The van der Waals surface area contributed by atoms with E-state index in [4.69, 9.17) is 0 Å². The van der Waals surface area contributed by atoms with Gasteiger partial charge in [0.1, 0.15) is 12.6 Å². The lowest BCUT2D eigenvalue weighted by atomic mass is 10.1. The molecule has 1 atom stereocenters. The van der Waals surface area contributed by atoms with Crippen LogP contribution < -0.4 is 9.62 Å². The molecule has 0 spiro atoms. The van der Waals surface area contributed by atoms with Gasteiger partial charge in [-0.1, -0.05) is 69.3 Å². The van der Waals surface area contributed by atoms with Gasteiger partial charge in [-0.3, -0.25) is 9.59 Å². The Kier molecular flexibility index (Phi) is 10.1. The maximum absolute atomic E-state index is 13.7. The Morgan fingerprint density at radius 3 is 2.00 bits per heavy atom. The number of nitrogens with one attached hydrogen (secondary N) is 1. The van der Waals surface area contributed by atoms with Crippen LogP contribution >= 0.6 is 0 Å². The number of amides is 2. The summed E-state index contributed by atoms with van der Waals surface area (Å²) in [5.41, 5.74) is 1.23. The highest BCUT2D eigenvalue weighted by molar-refractivity contribution is 7.90. The molecule has 186 valence electrons. The molecule has 0 saturated carbocycles. The first kappa shape index (κ1) is 27.3. The van der Waals surface area contributed by atoms with Crippen LogP contribution in [0, 0.1) is 5.92 Å². The highest BCUT2D eigenvalue weighted by Gasteiger charge is 2.33. The lowest BCUT2D eigenvalue weighted by Crippen LogP contribution is -2.53. The number of anilines is 1. The van der Waals surface area contributed by atoms with Gasteiger partial charge in [-0.05, 0) is 30.0 Å². The number of hydrogen-bond acceptors (Lipinski definition) is 4. The summed E-state index contributed by atoms with van der Waals surface area (Å²) < 4.78 is 28.3. The molecule has 8 nitrogen and oxygen atoms in total. The average Bonchev–Trinajstić information content (AvgIpc) is 2.81. The zero-order chi connectivity index (χ0) is 25.3. The molecule has 0 fully saturated rings. The fraction of sp³-hybridized carbons (Fsp3) is 0.440. The van der Waals surface area contributed by atoms with Gasteiger partial charge < -0.3 is 10.2 Å². The highest BCUT2D eigenvalue weighted by Crippen LogP contribution is 2.21. The molecule has 0 aromatic heterocycles. The maximum atomic E-state index is 13.7. The molecule has 1 unspecified atom stereocenters. The second kappa shape index (κ2) is 12.5. The number of rotatable bonds is 12. The topological polar surface area (TPSA) is 90.0 Å². The van der Waals surface area contributed by atoms with Gasteiger partial charge in [0, 0.05) is 27.2 Å². The lowest BCUT2D eigenvalue weighted by molar-refractivity contribution is -0.140. The van der Waals surface area contributed by atoms with Gasteiger partial charge in [0.05, 0.1) is 5.69 Å². The highest BCUT2D eigenvalue weighted by atomic mass is 32.2. The molecule has 2 amide bonds. The van der Waals surface area contributed by atoms with Crippen LogP contribution in [0.4, 0.5) is 5.69 Å². The van der Waals surface area contributed by atoms with Crippen molar-refractivity contribution in [2.75, 3.05) is 31.5 Å². The third-order valence-electron chi connectivity index (χ3n) is 5.33. The molecule has 2 rings (SSSR count). The van der Waals surface area contributed by atoms with Crippen molar-refractivity contribution < 1.29 is 18.0 Å². The predicted molar refractivity (Wildman–Crippen MR) is 135 cm³/mol. The number of carbonyl (C=O) groups is 2. The molecule has 9 heteroatoms. The molecular formula is C25H36N4O4S. The third kappa shape index (κ3) is 7.30. The Labute approximate surface area is 203 Å². The largest absolute Gasteiger partial charge is 0.354 e. The van der Waals surface area contributed by atoms with Crippen LogP contribution in [-0.2, 0) is 26.3 Å². The summed E-state index contributed by atoms with van der Waals surface area (Å²) in [5.74, 6) is -0.439. The smallest absolute Gasteiger partial charge is 0.304 e. The summed E-state index contributed by atoms with van der Waals surface area (Å²) >= 11 is 0. The van der Waals surface area contributed by atoms with Crippen LogP contribution in [0.25, 0.3) is 0 Å². The fourth-order valence-corrected chi connectivity index (χ4v) is 4.49. The number of carbonyl (C=O) groups excluding carboxylic acids is 2. The van der Waals surface area contributed by atoms with Gasteiger partial charge in [0.25, 0.3) is 0 Å². The van der Waals surface area contributed by atoms with Crippen molar-refractivity contribution in [1.29, 1.82) is 0 Å². The van der Waals surface area contributed by atoms with Crippen molar-refractivity contribution in [3.63, 3.8) is 0 Å². The summed E-state index contributed by atoms with van der Waals surface area (Å²) in [6, 6.07) is 17.1. The van der Waals surface area contributed by atoms with Crippen molar-refractivity contribution in [3.8, 4) is 0 Å². The summed E-state index contributed by atoms with van der Waals surface area (Å²) in [6.07, 6.45) is 0.397. The van der Waals surface area contributed by atoms with Gasteiger partial charge in [0.2, 0.25) is 11.8 Å². The predicted octanol–water partition coefficient (Wildman–Crippen LogP) is 2.88. The first-order valence-corrected chi connectivity index (χ1v) is 12.8. The SMILES string of the molecule is CCC(C(=O)NCC(C)C)N(Cc1ccccc1)C(=O)CN(c1ccccc1)S(=O)(=O)N(C)C. The van der Waals surface area contributed by atoms with Gasteiger partial charge in [-0.2, -0.15) is 12.7 Å². The molecule has 0 radical (unpaired) electrons. The Hall–Kier alpha value is -2.91. The molecule has 0 bridgehead atoms. The summed E-state index contributed by atoms with van der Waals surface area (Å²) in [5, 5.41) is 2.91. The molecule has 0 heterocycles. The maximum Gasteiger partial charge on any atom is 0.304 e. The molecule has 2 aromatic rings. The van der Waals surface area contributed by atoms with E-state index in [1.165, 1.54) is 19.0 Å². The van der Waals surface area contributed by atoms with Crippen LogP contribution in [-0.4, -0.2) is 62.7 Å². The van der Waals surface area contributed by atoms with Gasteiger partial charge >= 0.3 is 10.2 Å². The zero-order valence-electron chi connectivity index (χ0n) is 20.6. The van der Waals surface area contributed by atoms with Crippen molar-refractivity contribution in [1.82, 2.24) is 14.5 Å². The van der Waals surface area contributed by atoms with Crippen molar-refractivity contribution >= 4 is 27.7 Å². The van der Waals surface area contributed by atoms with Crippen LogP contribution in [0.15, 0.2) is 60.7 Å². The minimum Gasteiger partial charge on any atom is -0.354 e. The molecule has 0 aliphatic rings. The van der Waals surface area contributed by atoms with Crippen molar-refractivity contribution in [2.45, 2.75) is 39.8 Å². The van der Waals surface area contributed by atoms with E-state index in [1.54, 1.807) is 30.3 Å². The van der Waals surface area contributed by atoms with Crippen LogP contribution in [0.2, 0.25) is 0 Å². The van der Waals surface area contributed by atoms with E-state index in [0.717, 1.165) is 14.2 Å². The normalized spacial score (nSPS) is 12.4. The molecule has 2 aromatic carbocycles. The Bertz CT molecular complexity index is 1030. The van der Waals surface area contributed by atoms with Crippen LogP contribution in [0.3, 0.4) is 0 Å². The van der Waals surface area contributed by atoms with E-state index in [1.807, 2.05) is 51.1 Å². The van der Waals surface area contributed by atoms with E-state index < -0.39 is 28.7 Å². The number of nitrogens with zero attached hydrogens (tertiary/aromatic N) is 3. The third-order valence-corrected chi connectivity index (χ3v) is 7.15. The second-order valence-corrected chi connectivity index (χ2v) is 10.8. The Balaban J connectivity index is 2.42. The summed E-state index contributed by atoms with van der Waals surface area (Å²) in [7, 11) is -1.10. The van der Waals surface area contributed by atoms with E-state index in [9.17, 15) is 18.0 Å². The minimum atomic E-state index is -3.95. The molecular weight excluding hydrogens is 452 g/mol. The molecule has 0 aliphatic carbocycles. The first-order valence-electron chi connectivity index (χ1n) is 11.4. The Morgan fingerprint density at radius 1 is 0.941 bits per heavy atom. The van der Waals surface area contributed by atoms with Crippen LogP contribution in [0.1, 0.15) is 32.8 Å². The fourth-order valence-electron chi connectivity index (χ4n) is 3.43. The lowest BCUT2D eigenvalue weighted by Gasteiger charge is -2.34. The number of para-hydroxylation sites is 1. The van der Waals surface area contributed by atoms with Crippen molar-refractivity contribution in [3.05, 3.63) is 66.2 Å². The van der Waals surface area contributed by atoms with Gasteiger partial charge in [-0.15, -0.1) is 0 Å². The minimum absolute atomic E-state index is 0.192. The summed E-state index contributed by atoms with van der Waals surface area (Å²) in [4.78, 5) is 28.2. The van der Waals surface area contributed by atoms with Crippen molar-refractivity contribution in [2.24, 2.45) is 5.92 Å². The standard InChI is InChI=1S/C25H36N4O4S/c1-6-23(25(31)26-17-20(2)3)28(18-21-13-9-7-10-14-21)24(30)19-29(34(32,33)27(4)5)22-15-11-8-12-16-22/h7-16,20,23H,6,17-19H2,1-5H3,(H,26,31). The van der Waals surface area contributed by atoms with Gasteiger partial charge in [-0.25, -0.2) is 4.31 Å². The monoisotopic (exact) mass is 488 g/mol. The second-order valence-electron chi connectivity index (χ2n) is 8.70. The molecule has 0 saturated heterocycles. The number of hydrogen-bond donors (Lipinski definition) is 1.